The predicted octanol–water partition coefficient (Wildman–Crippen LogP) is 2.59. The van der Waals surface area contributed by atoms with E-state index < -0.39 is 0 Å². The Morgan fingerprint density at radius 1 is 1.41 bits per heavy atom. The summed E-state index contributed by atoms with van der Waals surface area (Å²) in [4.78, 5) is 3.27. The third kappa shape index (κ3) is 1.29. The van der Waals surface area contributed by atoms with Crippen LogP contribution in [-0.4, -0.2) is 10.1 Å². The number of rotatable bonds is 1. The molecule has 4 nitrogen and oxygen atoms in total. The zero-order valence-corrected chi connectivity index (χ0v) is 9.33. The number of H-pyrrole nitrogens is 1. The minimum absolute atomic E-state index is 0.0353. The Balaban J connectivity index is 2.32. The number of aromatic nitrogens is 1. The molecule has 2 aromatic rings. The zero-order valence-electron chi connectivity index (χ0n) is 9.33. The second kappa shape index (κ2) is 3.42. The number of nitriles is 1. The number of nitrogens with zero attached hydrogens (tertiary/aromatic N) is 1. The smallest absolute Gasteiger partial charge is 0.139 e. The van der Waals surface area contributed by atoms with Crippen LogP contribution in [0.2, 0.25) is 0 Å². The molecule has 17 heavy (non-hydrogen) atoms. The van der Waals surface area contributed by atoms with Crippen molar-refractivity contribution in [3.63, 3.8) is 0 Å². The van der Waals surface area contributed by atoms with Crippen LogP contribution in [-0.2, 0) is 0 Å². The molecule has 1 aliphatic rings. The number of aromatic hydroxyl groups is 1. The molecule has 1 heterocycles. The molecule has 1 aromatic heterocycles. The van der Waals surface area contributed by atoms with Crippen LogP contribution >= 0.6 is 0 Å². The highest BCUT2D eigenvalue weighted by Crippen LogP contribution is 2.42. The lowest BCUT2D eigenvalue weighted by atomic mass is 9.81. The third-order valence-electron chi connectivity index (χ3n) is 3.64. The molecule has 0 unspecified atom stereocenters. The van der Waals surface area contributed by atoms with Gasteiger partial charge in [-0.25, -0.2) is 0 Å². The number of fused-ring (bicyclic) bond motifs is 1. The molecule has 86 valence electrons. The summed E-state index contributed by atoms with van der Waals surface area (Å²) in [5.74, 6) is 0.478. The Bertz CT molecular complexity index is 632. The van der Waals surface area contributed by atoms with E-state index in [0.717, 1.165) is 24.1 Å². The van der Waals surface area contributed by atoms with E-state index in [0.29, 0.717) is 22.6 Å². The maximum Gasteiger partial charge on any atom is 0.139 e. The highest BCUT2D eigenvalue weighted by atomic mass is 16.3. The number of hydrogen-bond acceptors (Lipinski definition) is 3. The Hall–Kier alpha value is -2.15. The molecule has 1 fully saturated rings. The summed E-state index contributed by atoms with van der Waals surface area (Å²) in [6, 6.07) is 5.54. The number of nitrogens with one attached hydrogen (secondary N) is 1. The van der Waals surface area contributed by atoms with E-state index in [9.17, 15) is 10.4 Å². The van der Waals surface area contributed by atoms with Gasteiger partial charge in [-0.15, -0.1) is 0 Å². The summed E-state index contributed by atoms with van der Waals surface area (Å²) in [5.41, 5.74) is 8.54. The summed E-state index contributed by atoms with van der Waals surface area (Å²) >= 11 is 0. The maximum absolute atomic E-state index is 9.61. The van der Waals surface area contributed by atoms with Gasteiger partial charge in [0.2, 0.25) is 0 Å². The lowest BCUT2D eigenvalue weighted by molar-refractivity contribution is 0.412. The van der Waals surface area contributed by atoms with Crippen molar-refractivity contribution >= 4 is 16.6 Å². The van der Waals surface area contributed by atoms with Gasteiger partial charge in [-0.05, 0) is 25.0 Å². The fourth-order valence-electron chi connectivity index (χ4n) is 2.44. The molecule has 1 saturated carbocycles. The Labute approximate surface area is 98.7 Å². The fraction of sp³-hybridized carbons (Fsp3) is 0.308. The standard InChI is InChI=1S/C13H13N3O/c14-6-8-11-9(4-5-10(17)12(11)15)16-13(8)7-2-1-3-7/h4-5,7,16-17H,1-3,15H2. The lowest BCUT2D eigenvalue weighted by Gasteiger charge is -2.24. The van der Waals surface area contributed by atoms with Crippen LogP contribution in [0.25, 0.3) is 10.9 Å². The van der Waals surface area contributed by atoms with E-state index in [4.69, 9.17) is 5.73 Å². The number of phenolic OH excluding ortho intramolecular Hbond substituents is 1. The maximum atomic E-state index is 9.61. The van der Waals surface area contributed by atoms with Crippen molar-refractivity contribution in [3.05, 3.63) is 23.4 Å². The van der Waals surface area contributed by atoms with Crippen LogP contribution in [0.4, 0.5) is 5.69 Å². The highest BCUT2D eigenvalue weighted by Gasteiger charge is 2.26. The monoisotopic (exact) mass is 227 g/mol. The SMILES string of the molecule is N#Cc1c(C2CCC2)[nH]c2ccc(O)c(N)c12. The van der Waals surface area contributed by atoms with Gasteiger partial charge in [0.1, 0.15) is 11.8 Å². The number of hydrogen-bond donors (Lipinski definition) is 3. The van der Waals surface area contributed by atoms with Crippen LogP contribution in [0.3, 0.4) is 0 Å². The van der Waals surface area contributed by atoms with Crippen molar-refractivity contribution in [3.8, 4) is 11.8 Å². The van der Waals surface area contributed by atoms with Crippen LogP contribution in [0, 0.1) is 11.3 Å². The first-order valence-electron chi connectivity index (χ1n) is 5.75. The molecule has 1 aromatic carbocycles. The molecule has 0 radical (unpaired) electrons. The molecule has 0 atom stereocenters. The highest BCUT2D eigenvalue weighted by molar-refractivity contribution is 5.99. The van der Waals surface area contributed by atoms with Crippen molar-refractivity contribution < 1.29 is 5.11 Å². The zero-order chi connectivity index (χ0) is 12.0. The number of anilines is 1. The molecular weight excluding hydrogens is 214 g/mol. The normalized spacial score (nSPS) is 15.7. The molecule has 0 bridgehead atoms. The average molecular weight is 227 g/mol. The van der Waals surface area contributed by atoms with E-state index in [-0.39, 0.29) is 5.75 Å². The largest absolute Gasteiger partial charge is 0.506 e. The Morgan fingerprint density at radius 3 is 2.76 bits per heavy atom. The topological polar surface area (TPSA) is 85.8 Å². The minimum Gasteiger partial charge on any atom is -0.506 e. The van der Waals surface area contributed by atoms with Gasteiger partial charge >= 0.3 is 0 Å². The van der Waals surface area contributed by atoms with Crippen LogP contribution in [0.1, 0.15) is 36.4 Å². The molecule has 4 heteroatoms. The number of nitrogens with two attached hydrogens (primary N) is 1. The number of benzene rings is 1. The van der Waals surface area contributed by atoms with Crippen LogP contribution in [0.15, 0.2) is 12.1 Å². The van der Waals surface area contributed by atoms with Crippen LogP contribution in [0.5, 0.6) is 5.75 Å². The van der Waals surface area contributed by atoms with E-state index in [2.05, 4.69) is 11.1 Å². The van der Waals surface area contributed by atoms with Gasteiger partial charge in [0.25, 0.3) is 0 Å². The Morgan fingerprint density at radius 2 is 2.18 bits per heavy atom. The Kier molecular flexibility index (Phi) is 2.02. The third-order valence-corrected chi connectivity index (χ3v) is 3.64. The second-order valence-corrected chi connectivity index (χ2v) is 4.57. The van der Waals surface area contributed by atoms with Crippen molar-refractivity contribution in [2.75, 3.05) is 5.73 Å². The van der Waals surface area contributed by atoms with Gasteiger partial charge in [-0.1, -0.05) is 6.42 Å². The molecule has 0 spiro atoms. The second-order valence-electron chi connectivity index (χ2n) is 4.57. The van der Waals surface area contributed by atoms with Gasteiger partial charge in [-0.3, -0.25) is 0 Å². The van der Waals surface area contributed by atoms with Crippen molar-refractivity contribution in [1.82, 2.24) is 4.98 Å². The number of nitrogen functional groups attached to an aromatic ring is 1. The first-order chi connectivity index (χ1) is 8.22. The summed E-state index contributed by atoms with van der Waals surface area (Å²) in [6.07, 6.45) is 3.45. The van der Waals surface area contributed by atoms with Gasteiger partial charge in [-0.2, -0.15) is 5.26 Å². The molecule has 1 aliphatic carbocycles. The predicted molar refractivity (Wildman–Crippen MR) is 65.7 cm³/mol. The first-order valence-corrected chi connectivity index (χ1v) is 5.75. The summed E-state index contributed by atoms with van der Waals surface area (Å²) in [5, 5.41) is 19.6. The van der Waals surface area contributed by atoms with Crippen molar-refractivity contribution in [2.24, 2.45) is 0 Å². The van der Waals surface area contributed by atoms with Gasteiger partial charge in [0.15, 0.2) is 0 Å². The van der Waals surface area contributed by atoms with Crippen molar-refractivity contribution in [2.45, 2.75) is 25.2 Å². The van der Waals surface area contributed by atoms with E-state index in [1.54, 1.807) is 12.1 Å². The number of phenols is 1. The van der Waals surface area contributed by atoms with Crippen molar-refractivity contribution in [1.29, 1.82) is 5.26 Å². The van der Waals surface area contributed by atoms with E-state index in [1.165, 1.54) is 6.42 Å². The summed E-state index contributed by atoms with van der Waals surface area (Å²) < 4.78 is 0. The number of aromatic amines is 1. The fourth-order valence-corrected chi connectivity index (χ4v) is 2.44. The quantitative estimate of drug-likeness (QED) is 0.517. The molecule has 0 amide bonds. The molecule has 4 N–H and O–H groups in total. The summed E-state index contributed by atoms with van der Waals surface area (Å²) in [6.45, 7) is 0. The molecular formula is C13H13N3O. The minimum atomic E-state index is 0.0353. The van der Waals surface area contributed by atoms with Gasteiger partial charge < -0.3 is 15.8 Å². The van der Waals surface area contributed by atoms with Crippen LogP contribution < -0.4 is 5.73 Å². The van der Waals surface area contributed by atoms with E-state index >= 15 is 0 Å². The first kappa shape index (κ1) is 10.0. The van der Waals surface area contributed by atoms with Gasteiger partial charge in [0, 0.05) is 22.5 Å². The van der Waals surface area contributed by atoms with Gasteiger partial charge in [0.05, 0.1) is 11.3 Å². The molecule has 3 rings (SSSR count). The van der Waals surface area contributed by atoms with E-state index in [1.807, 2.05) is 0 Å². The molecule has 0 saturated heterocycles. The lowest BCUT2D eigenvalue weighted by Crippen LogP contribution is -2.10. The summed E-state index contributed by atoms with van der Waals surface area (Å²) in [7, 11) is 0. The average Bonchev–Trinajstić information content (AvgIpc) is 2.60. The molecule has 0 aliphatic heterocycles.